The van der Waals surface area contributed by atoms with E-state index in [-0.39, 0.29) is 19.0 Å². The van der Waals surface area contributed by atoms with Crippen LogP contribution in [0.25, 0.3) is 0 Å². The third-order valence-electron chi connectivity index (χ3n) is 1.42. The Balaban J connectivity index is 3.38. The van der Waals surface area contributed by atoms with Crippen LogP contribution in [-0.4, -0.2) is 37.4 Å². The first-order valence-corrected chi connectivity index (χ1v) is 5.14. The first kappa shape index (κ1) is 14.7. The van der Waals surface area contributed by atoms with Gasteiger partial charge in [-0.2, -0.15) is 0 Å². The summed E-state index contributed by atoms with van der Waals surface area (Å²) < 4.78 is 10.2. The molecule has 0 aromatic heterocycles. The van der Waals surface area contributed by atoms with Crippen molar-refractivity contribution in [2.45, 2.75) is 32.8 Å². The molecule has 0 aliphatic heterocycles. The summed E-state index contributed by atoms with van der Waals surface area (Å²) >= 11 is 0. The van der Waals surface area contributed by atoms with Crippen LogP contribution >= 0.6 is 0 Å². The fourth-order valence-corrected chi connectivity index (χ4v) is 0.897. The van der Waals surface area contributed by atoms with Gasteiger partial charge in [0.2, 0.25) is 0 Å². The summed E-state index contributed by atoms with van der Waals surface area (Å²) in [6.45, 7) is 6.36. The predicted molar refractivity (Wildman–Crippen MR) is 58.9 cm³/mol. The molecule has 6 nitrogen and oxygen atoms in total. The van der Waals surface area contributed by atoms with Crippen LogP contribution < -0.4 is 11.1 Å². The molecule has 0 aliphatic rings. The van der Waals surface area contributed by atoms with E-state index in [1.165, 1.54) is 0 Å². The smallest absolute Gasteiger partial charge is 0.312 e. The van der Waals surface area contributed by atoms with Crippen molar-refractivity contribution in [1.82, 2.24) is 5.32 Å². The van der Waals surface area contributed by atoms with Crippen LogP contribution in [0.5, 0.6) is 0 Å². The number of nitrogens with two attached hydrogens (primary N) is 1. The molecule has 94 valence electrons. The minimum absolute atomic E-state index is 0.202. The summed E-state index contributed by atoms with van der Waals surface area (Å²) in [5, 5.41) is 2.37. The molecule has 0 heterocycles. The lowest BCUT2D eigenvalue weighted by atomic mass is 10.2. The van der Waals surface area contributed by atoms with Crippen molar-refractivity contribution in [2.24, 2.45) is 5.73 Å². The molecule has 0 bridgehead atoms. The minimum Gasteiger partial charge on any atom is -0.460 e. The molecule has 0 saturated carbocycles. The van der Waals surface area contributed by atoms with Gasteiger partial charge in [0.25, 0.3) is 0 Å². The normalized spacial score (nSPS) is 10.9. The number of esters is 1. The maximum atomic E-state index is 11.2. The molecule has 0 radical (unpaired) electrons. The maximum Gasteiger partial charge on any atom is 0.312 e. The third-order valence-corrected chi connectivity index (χ3v) is 1.42. The molecule has 0 saturated heterocycles. The van der Waals surface area contributed by atoms with Gasteiger partial charge < -0.3 is 20.5 Å². The van der Waals surface area contributed by atoms with Crippen molar-refractivity contribution in [3.8, 4) is 0 Å². The van der Waals surface area contributed by atoms with E-state index < -0.39 is 11.6 Å². The van der Waals surface area contributed by atoms with Gasteiger partial charge in [-0.15, -0.1) is 0 Å². The highest BCUT2D eigenvalue weighted by molar-refractivity contribution is 5.71. The van der Waals surface area contributed by atoms with Crippen LogP contribution in [0.3, 0.4) is 0 Å². The Morgan fingerprint density at radius 2 is 1.88 bits per heavy atom. The molecule has 0 fully saturated rings. The van der Waals surface area contributed by atoms with Gasteiger partial charge in [0.05, 0.1) is 19.6 Å². The van der Waals surface area contributed by atoms with Gasteiger partial charge in [-0.3, -0.25) is 4.79 Å². The number of hydrogen-bond acceptors (Lipinski definition) is 4. The number of carbonyl (C=O) groups is 2. The second kappa shape index (κ2) is 7.05. The third kappa shape index (κ3) is 10.8. The summed E-state index contributed by atoms with van der Waals surface area (Å²) in [7, 11) is 0. The molecule has 0 aromatic rings. The average molecular weight is 232 g/mol. The number of urea groups is 1. The lowest BCUT2D eigenvalue weighted by Crippen LogP contribution is -2.32. The monoisotopic (exact) mass is 232 g/mol. The quantitative estimate of drug-likeness (QED) is 0.512. The van der Waals surface area contributed by atoms with Gasteiger partial charge in [-0.1, -0.05) is 0 Å². The summed E-state index contributed by atoms with van der Waals surface area (Å²) in [4.78, 5) is 21.5. The average Bonchev–Trinajstić information content (AvgIpc) is 2.07. The first-order chi connectivity index (χ1) is 7.31. The fraction of sp³-hybridized carbons (Fsp3) is 0.800. The zero-order valence-corrected chi connectivity index (χ0v) is 10.0. The van der Waals surface area contributed by atoms with Crippen LogP contribution in [0.2, 0.25) is 0 Å². The summed E-state index contributed by atoms with van der Waals surface area (Å²) in [5.74, 6) is -0.296. The van der Waals surface area contributed by atoms with E-state index in [0.717, 1.165) is 0 Å². The van der Waals surface area contributed by atoms with Crippen LogP contribution in [-0.2, 0) is 14.3 Å². The Morgan fingerprint density at radius 1 is 1.25 bits per heavy atom. The molecule has 0 aliphatic carbocycles. The second-order valence-corrected chi connectivity index (χ2v) is 4.24. The fourth-order valence-electron chi connectivity index (χ4n) is 0.897. The highest BCUT2D eigenvalue weighted by Gasteiger charge is 2.15. The van der Waals surface area contributed by atoms with Crippen molar-refractivity contribution in [3.63, 3.8) is 0 Å². The van der Waals surface area contributed by atoms with E-state index in [2.05, 4.69) is 5.32 Å². The van der Waals surface area contributed by atoms with Gasteiger partial charge in [-0.25, -0.2) is 4.79 Å². The summed E-state index contributed by atoms with van der Waals surface area (Å²) in [6, 6.07) is -0.587. The van der Waals surface area contributed by atoms with Crippen LogP contribution in [0.15, 0.2) is 0 Å². The van der Waals surface area contributed by atoms with Crippen molar-refractivity contribution < 1.29 is 19.1 Å². The topological polar surface area (TPSA) is 90.7 Å². The number of carbonyl (C=O) groups excluding carboxylic acids is 2. The Morgan fingerprint density at radius 3 is 2.38 bits per heavy atom. The minimum atomic E-state index is -0.587. The summed E-state index contributed by atoms with van der Waals surface area (Å²) in [6.07, 6.45) is 0.202. The lowest BCUT2D eigenvalue weighted by Gasteiger charge is -2.19. The molecule has 0 spiro atoms. The molecule has 0 unspecified atom stereocenters. The number of ether oxygens (including phenoxy) is 2. The second-order valence-electron chi connectivity index (χ2n) is 4.24. The van der Waals surface area contributed by atoms with Gasteiger partial charge in [0.1, 0.15) is 5.60 Å². The Bertz CT molecular complexity index is 235. The molecule has 2 amide bonds. The van der Waals surface area contributed by atoms with Crippen molar-refractivity contribution in [1.29, 1.82) is 0 Å². The Labute approximate surface area is 95.5 Å². The summed E-state index contributed by atoms with van der Waals surface area (Å²) in [5.41, 5.74) is 4.38. The first-order valence-electron chi connectivity index (χ1n) is 5.14. The van der Waals surface area contributed by atoms with Gasteiger partial charge in [0.15, 0.2) is 0 Å². The lowest BCUT2D eigenvalue weighted by molar-refractivity contribution is -0.156. The number of amides is 2. The van der Waals surface area contributed by atoms with Crippen LogP contribution in [0.4, 0.5) is 4.79 Å². The van der Waals surface area contributed by atoms with Crippen LogP contribution in [0.1, 0.15) is 27.2 Å². The number of hydrogen-bond donors (Lipinski definition) is 2. The zero-order valence-electron chi connectivity index (χ0n) is 10.0. The van der Waals surface area contributed by atoms with Crippen LogP contribution in [0, 0.1) is 0 Å². The van der Waals surface area contributed by atoms with E-state index >= 15 is 0 Å². The molecule has 0 rings (SSSR count). The molecule has 0 aromatic carbocycles. The number of nitrogens with one attached hydrogen (secondary N) is 1. The van der Waals surface area contributed by atoms with Crippen molar-refractivity contribution in [2.75, 3.05) is 19.8 Å². The van der Waals surface area contributed by atoms with Gasteiger partial charge in [-0.05, 0) is 20.8 Å². The molecular formula is C10H20N2O4. The molecule has 6 heteroatoms. The highest BCUT2D eigenvalue weighted by atomic mass is 16.6. The molecule has 0 atom stereocenters. The predicted octanol–water partition coefficient (Wildman–Crippen LogP) is 0.403. The number of primary amides is 1. The highest BCUT2D eigenvalue weighted by Crippen LogP contribution is 2.07. The maximum absolute atomic E-state index is 11.2. The van der Waals surface area contributed by atoms with E-state index in [4.69, 9.17) is 15.2 Å². The van der Waals surface area contributed by atoms with E-state index in [0.29, 0.717) is 13.2 Å². The van der Waals surface area contributed by atoms with Gasteiger partial charge >= 0.3 is 12.0 Å². The SMILES string of the molecule is CC(C)(C)OC(=O)CCOCCNC(N)=O. The van der Waals surface area contributed by atoms with Crippen molar-refractivity contribution >= 4 is 12.0 Å². The van der Waals surface area contributed by atoms with E-state index in [1.54, 1.807) is 0 Å². The Kier molecular flexibility index (Phi) is 6.48. The standard InChI is InChI=1S/C10H20N2O4/c1-10(2,3)16-8(13)4-6-15-7-5-12-9(11)14/h4-7H2,1-3H3,(H3,11,12,14). The van der Waals surface area contributed by atoms with Crippen molar-refractivity contribution in [3.05, 3.63) is 0 Å². The number of rotatable bonds is 6. The Hall–Kier alpha value is -1.30. The largest absolute Gasteiger partial charge is 0.460 e. The molecule has 3 N–H and O–H groups in total. The van der Waals surface area contributed by atoms with E-state index in [9.17, 15) is 9.59 Å². The molecular weight excluding hydrogens is 212 g/mol. The molecule has 16 heavy (non-hydrogen) atoms. The zero-order chi connectivity index (χ0) is 12.6. The van der Waals surface area contributed by atoms with Gasteiger partial charge in [0, 0.05) is 6.54 Å². The van der Waals surface area contributed by atoms with E-state index in [1.807, 2.05) is 20.8 Å².